The van der Waals surface area contributed by atoms with Gasteiger partial charge in [0.2, 0.25) is 0 Å². The van der Waals surface area contributed by atoms with Crippen LogP contribution in [0.4, 0.5) is 0 Å². The van der Waals surface area contributed by atoms with E-state index in [-0.39, 0.29) is 5.48 Å². The molecule has 2 N–H and O–H groups in total. The molecule has 17 heavy (non-hydrogen) atoms. The molecular weight excluding hydrogens is 315 g/mol. The average Bonchev–Trinajstić information content (AvgIpc) is 2.38. The smallest absolute Gasteiger partial charge is 0.412 e. The van der Waals surface area contributed by atoms with Gasteiger partial charge in [-0.2, -0.15) is 0 Å². The largest absolute Gasteiger partial charge is 0.412 e. The van der Waals surface area contributed by atoms with Gasteiger partial charge in [0.1, 0.15) is 0 Å². The van der Waals surface area contributed by atoms with Crippen molar-refractivity contribution in [2.75, 3.05) is 0 Å². The maximum absolute atomic E-state index is 2.32. The van der Waals surface area contributed by atoms with Gasteiger partial charge in [0.25, 0.3) is 0 Å². The molecule has 0 amide bonds. The Bertz CT molecular complexity index is 374. The Hall–Kier alpha value is -0.801. The number of benzene rings is 2. The van der Waals surface area contributed by atoms with Crippen LogP contribution in [0.3, 0.4) is 0 Å². The zero-order valence-corrected chi connectivity index (χ0v) is 13.0. The fourth-order valence-electron chi connectivity index (χ4n) is 1.98. The molecule has 0 unspecified atom stereocenters. The van der Waals surface area contributed by atoms with Crippen molar-refractivity contribution in [2.45, 2.75) is 17.8 Å². The Balaban J connectivity index is 0.00000144. The molecule has 2 aromatic carbocycles. The third kappa shape index (κ3) is 3.86. The van der Waals surface area contributed by atoms with Gasteiger partial charge in [0.15, 0.2) is 0 Å². The fourth-order valence-corrected chi connectivity index (χ4v) is 9.41. The van der Waals surface area contributed by atoms with E-state index in [1.54, 1.807) is 7.16 Å². The molecular formula is C15H19OSn. The van der Waals surface area contributed by atoms with Crippen molar-refractivity contribution in [1.82, 2.24) is 0 Å². The van der Waals surface area contributed by atoms with E-state index >= 15 is 0 Å². The van der Waals surface area contributed by atoms with Gasteiger partial charge in [-0.05, 0) is 0 Å². The van der Waals surface area contributed by atoms with Crippen LogP contribution in [-0.4, -0.2) is 25.2 Å². The number of hydrogen-bond donors (Lipinski definition) is 0. The third-order valence-electron chi connectivity index (χ3n) is 2.74. The summed E-state index contributed by atoms with van der Waals surface area (Å²) >= 11 is -1.57. The van der Waals surface area contributed by atoms with Crippen molar-refractivity contribution in [2.24, 2.45) is 0 Å². The van der Waals surface area contributed by atoms with Crippen LogP contribution in [0.15, 0.2) is 60.7 Å². The maximum Gasteiger partial charge on any atom is -0.412 e. The Morgan fingerprint density at radius 3 is 1.53 bits per heavy atom. The van der Waals surface area contributed by atoms with Crippen molar-refractivity contribution in [3.05, 3.63) is 60.7 Å². The summed E-state index contributed by atoms with van der Waals surface area (Å²) in [6.07, 6.45) is 1.30. The van der Waals surface area contributed by atoms with E-state index in [1.807, 2.05) is 0 Å². The van der Waals surface area contributed by atoms with Gasteiger partial charge in [-0.25, -0.2) is 0 Å². The van der Waals surface area contributed by atoms with E-state index in [0.717, 1.165) is 0 Å². The zero-order valence-electron chi connectivity index (χ0n) is 10.2. The van der Waals surface area contributed by atoms with Crippen molar-refractivity contribution in [3.63, 3.8) is 0 Å². The topological polar surface area (TPSA) is 31.5 Å². The van der Waals surface area contributed by atoms with Crippen LogP contribution in [0.25, 0.3) is 0 Å². The molecule has 0 aliphatic carbocycles. The second-order valence-corrected chi connectivity index (χ2v) is 11.4. The van der Waals surface area contributed by atoms with Crippen molar-refractivity contribution in [3.8, 4) is 0 Å². The molecule has 0 aromatic heterocycles. The van der Waals surface area contributed by atoms with Crippen molar-refractivity contribution >= 4 is 26.9 Å². The van der Waals surface area contributed by atoms with Gasteiger partial charge in [0, 0.05) is 0 Å². The maximum atomic E-state index is 2.32. The first kappa shape index (κ1) is 14.3. The zero-order chi connectivity index (χ0) is 11.2. The molecule has 0 atom stereocenters. The van der Waals surface area contributed by atoms with E-state index in [2.05, 4.69) is 67.6 Å². The average molecular weight is 334 g/mol. The summed E-state index contributed by atoms with van der Waals surface area (Å²) in [6, 6.07) is 22.2. The van der Waals surface area contributed by atoms with Gasteiger partial charge >= 0.3 is 105 Å². The first-order valence-corrected chi connectivity index (χ1v) is 10.8. The molecule has 2 heteroatoms. The monoisotopic (exact) mass is 335 g/mol. The van der Waals surface area contributed by atoms with E-state index < -0.39 is 19.8 Å². The Morgan fingerprint density at radius 1 is 0.765 bits per heavy atom. The molecule has 0 bridgehead atoms. The van der Waals surface area contributed by atoms with Crippen LogP contribution in [-0.2, 0) is 0 Å². The number of rotatable bonds is 4. The van der Waals surface area contributed by atoms with Gasteiger partial charge in [-0.1, -0.05) is 0 Å². The Labute approximate surface area is 111 Å². The predicted molar refractivity (Wildman–Crippen MR) is 76.6 cm³/mol. The molecule has 0 heterocycles. The van der Waals surface area contributed by atoms with Crippen LogP contribution in [0.2, 0.25) is 4.44 Å². The molecule has 0 spiro atoms. The second kappa shape index (κ2) is 7.51. The molecule has 0 aliphatic heterocycles. The standard InChI is InChI=1S/2C6H5.C3H7.H2O.Sn/c2*1-2-4-6-5-3-1;1-3-2;;/h2*1-5H;1,3H2,2H3;1H2;. The van der Waals surface area contributed by atoms with E-state index in [9.17, 15) is 0 Å². The van der Waals surface area contributed by atoms with E-state index in [4.69, 9.17) is 0 Å². The van der Waals surface area contributed by atoms with Crippen LogP contribution in [0, 0.1) is 0 Å². The van der Waals surface area contributed by atoms with Gasteiger partial charge in [0.05, 0.1) is 0 Å². The molecule has 89 valence electrons. The van der Waals surface area contributed by atoms with Gasteiger partial charge < -0.3 is 5.48 Å². The summed E-state index contributed by atoms with van der Waals surface area (Å²) in [4.78, 5) is 0. The predicted octanol–water partition coefficient (Wildman–Crippen LogP) is 1.88. The molecule has 0 fully saturated rings. The molecule has 0 saturated heterocycles. The molecule has 0 saturated carbocycles. The van der Waals surface area contributed by atoms with E-state index in [0.29, 0.717) is 0 Å². The van der Waals surface area contributed by atoms with Crippen LogP contribution in [0.1, 0.15) is 13.3 Å². The summed E-state index contributed by atoms with van der Waals surface area (Å²) in [5, 5.41) is 0. The van der Waals surface area contributed by atoms with Crippen LogP contribution in [0.5, 0.6) is 0 Å². The minimum absolute atomic E-state index is 0. The fraction of sp³-hybridized carbons (Fsp3) is 0.200. The minimum atomic E-state index is -1.57. The van der Waals surface area contributed by atoms with Gasteiger partial charge in [-0.15, -0.1) is 0 Å². The summed E-state index contributed by atoms with van der Waals surface area (Å²) < 4.78 is 4.66. The summed E-state index contributed by atoms with van der Waals surface area (Å²) in [5.74, 6) is 0. The normalized spacial score (nSPS) is 10.0. The molecule has 2 aromatic rings. The van der Waals surface area contributed by atoms with Crippen molar-refractivity contribution < 1.29 is 5.48 Å². The molecule has 0 aliphatic rings. The number of hydrogen-bond acceptors (Lipinski definition) is 0. The Morgan fingerprint density at radius 2 is 1.18 bits per heavy atom. The molecule has 1 nitrogen and oxygen atoms in total. The van der Waals surface area contributed by atoms with Crippen molar-refractivity contribution in [1.29, 1.82) is 0 Å². The SMILES string of the molecule is CC[CH2][Sn]([c]1ccccc1)[c]1ccccc1.O. The first-order valence-electron chi connectivity index (χ1n) is 5.88. The van der Waals surface area contributed by atoms with E-state index in [1.165, 1.54) is 10.9 Å². The minimum Gasteiger partial charge on any atom is -0.412 e. The van der Waals surface area contributed by atoms with Gasteiger partial charge in [-0.3, -0.25) is 0 Å². The summed E-state index contributed by atoms with van der Waals surface area (Å²) in [5.41, 5.74) is 0. The third-order valence-corrected chi connectivity index (χ3v) is 11.5. The quantitative estimate of drug-likeness (QED) is 0.765. The first-order chi connectivity index (χ1) is 7.92. The van der Waals surface area contributed by atoms with Crippen LogP contribution >= 0.6 is 0 Å². The van der Waals surface area contributed by atoms with Crippen LogP contribution < -0.4 is 7.16 Å². The molecule has 2 rings (SSSR count). The summed E-state index contributed by atoms with van der Waals surface area (Å²) in [6.45, 7) is 2.30. The molecule has 1 radical (unpaired) electrons. The Kier molecular flexibility index (Phi) is 6.30. The second-order valence-electron chi connectivity index (χ2n) is 3.96. The summed E-state index contributed by atoms with van der Waals surface area (Å²) in [7, 11) is 0.